The Balaban J connectivity index is 1.44. The highest BCUT2D eigenvalue weighted by Crippen LogP contribution is 2.46. The van der Waals surface area contributed by atoms with E-state index in [1.54, 1.807) is 0 Å². The Morgan fingerprint density at radius 3 is 2.00 bits per heavy atom. The van der Waals surface area contributed by atoms with Crippen molar-refractivity contribution < 1.29 is 45.4 Å². The van der Waals surface area contributed by atoms with Gasteiger partial charge in [0.2, 0.25) is 5.91 Å². The molecule has 2 aliphatic rings. The maximum atomic E-state index is 14.1. The number of amides is 1. The largest absolute Gasteiger partial charge is 0.478 e. The van der Waals surface area contributed by atoms with Crippen molar-refractivity contribution in [3.63, 3.8) is 0 Å². The van der Waals surface area contributed by atoms with Crippen LogP contribution in [0.15, 0.2) is 36.4 Å². The summed E-state index contributed by atoms with van der Waals surface area (Å²) in [6.07, 6.45) is -6.63. The molecule has 1 saturated carbocycles. The van der Waals surface area contributed by atoms with Crippen LogP contribution in [0.1, 0.15) is 64.7 Å². The summed E-state index contributed by atoms with van der Waals surface area (Å²) in [5.74, 6) is -2.28. The fourth-order valence-electron chi connectivity index (χ4n) is 5.12. The molecule has 2 fully saturated rings. The molecule has 2 aromatic carbocycles. The molecule has 1 heterocycles. The van der Waals surface area contributed by atoms with Gasteiger partial charge < -0.3 is 10.4 Å². The van der Waals surface area contributed by atoms with Gasteiger partial charge in [0.1, 0.15) is 5.82 Å². The molecule has 1 aliphatic carbocycles. The van der Waals surface area contributed by atoms with Crippen molar-refractivity contribution in [1.29, 1.82) is 0 Å². The van der Waals surface area contributed by atoms with Crippen molar-refractivity contribution in [3.8, 4) is 0 Å². The number of carbonyl (C=O) groups excluding carboxylic acids is 1. The Morgan fingerprint density at radius 2 is 1.51 bits per heavy atom. The molecule has 1 aliphatic heterocycles. The molecule has 1 saturated heterocycles. The lowest BCUT2D eigenvalue weighted by Crippen LogP contribution is -2.48. The topological polar surface area (TPSA) is 69.6 Å². The van der Waals surface area contributed by atoms with E-state index in [9.17, 15) is 40.3 Å². The van der Waals surface area contributed by atoms with Gasteiger partial charge in [0.25, 0.3) is 0 Å². The quantitative estimate of drug-likeness (QED) is 0.374. The van der Waals surface area contributed by atoms with Crippen molar-refractivity contribution in [1.82, 2.24) is 10.2 Å². The summed E-state index contributed by atoms with van der Waals surface area (Å²) < 4.78 is 93.3. The van der Waals surface area contributed by atoms with E-state index >= 15 is 0 Å². The number of carboxylic acid groups (broad SMARTS) is 1. The van der Waals surface area contributed by atoms with E-state index in [0.717, 1.165) is 18.9 Å². The summed E-state index contributed by atoms with van der Waals surface area (Å²) in [4.78, 5) is 26.4. The van der Waals surface area contributed by atoms with Crippen LogP contribution in [-0.2, 0) is 30.2 Å². The van der Waals surface area contributed by atoms with Crippen molar-refractivity contribution in [2.24, 2.45) is 11.3 Å². The van der Waals surface area contributed by atoms with Crippen LogP contribution < -0.4 is 5.32 Å². The van der Waals surface area contributed by atoms with Crippen LogP contribution in [0.2, 0.25) is 0 Å². The van der Waals surface area contributed by atoms with Crippen molar-refractivity contribution in [3.05, 3.63) is 70.0 Å². The summed E-state index contributed by atoms with van der Waals surface area (Å²) in [6, 6.07) is 5.15. The number of aromatic carboxylic acids is 1. The fraction of sp³-hybridized carbons (Fsp3) is 0.481. The van der Waals surface area contributed by atoms with Crippen LogP contribution in [0, 0.1) is 17.2 Å². The first-order valence-corrected chi connectivity index (χ1v) is 12.5. The lowest BCUT2D eigenvalue weighted by atomic mass is 9.73. The Kier molecular flexibility index (Phi) is 7.98. The number of piperidine rings is 1. The fourth-order valence-corrected chi connectivity index (χ4v) is 5.12. The Labute approximate surface area is 220 Å². The minimum atomic E-state index is -4.98. The van der Waals surface area contributed by atoms with Crippen LogP contribution in [0.4, 0.5) is 30.7 Å². The van der Waals surface area contributed by atoms with E-state index in [0.29, 0.717) is 62.5 Å². The Hall–Kier alpha value is -3.15. The normalized spacial score (nSPS) is 18.1. The Bertz CT molecular complexity index is 1200. The number of hydrogen-bond donors (Lipinski definition) is 2. The second-order valence-electron chi connectivity index (χ2n) is 10.4. The van der Waals surface area contributed by atoms with Gasteiger partial charge in [0.05, 0.1) is 22.1 Å². The molecule has 212 valence electrons. The molecule has 39 heavy (non-hydrogen) atoms. The highest BCUT2D eigenvalue weighted by molar-refractivity contribution is 5.87. The van der Waals surface area contributed by atoms with E-state index in [2.05, 4.69) is 5.32 Å². The first-order chi connectivity index (χ1) is 18.2. The molecule has 2 N–H and O–H groups in total. The number of benzene rings is 2. The van der Waals surface area contributed by atoms with E-state index in [-0.39, 0.29) is 11.6 Å². The standard InChI is InChI=1S/C27H27F7N2O3/c28-22-11-17(3-4-21(22)23(37)38)15-36-7-5-25(6-8-36,13-16-1-2-16)24(39)35-14-18-9-19(26(29,30)31)12-20(10-18)27(32,33)34/h3-4,9-12,16H,1-2,5-8,13-15H2,(H,35,39)(H,37,38). The van der Waals surface area contributed by atoms with Crippen LogP contribution in [0.5, 0.6) is 0 Å². The highest BCUT2D eigenvalue weighted by atomic mass is 19.4. The molecule has 1 amide bonds. The third-order valence-corrected chi connectivity index (χ3v) is 7.44. The number of alkyl halides is 6. The van der Waals surface area contributed by atoms with Gasteiger partial charge in [-0.25, -0.2) is 9.18 Å². The molecular formula is C27H27F7N2O3. The molecule has 0 atom stereocenters. The van der Waals surface area contributed by atoms with E-state index in [1.807, 2.05) is 4.90 Å². The third-order valence-electron chi connectivity index (χ3n) is 7.44. The first-order valence-electron chi connectivity index (χ1n) is 12.5. The van der Waals surface area contributed by atoms with Gasteiger partial charge in [-0.05, 0) is 79.7 Å². The van der Waals surface area contributed by atoms with Crippen LogP contribution in [-0.4, -0.2) is 35.0 Å². The second kappa shape index (κ2) is 10.8. The first kappa shape index (κ1) is 28.8. The summed E-state index contributed by atoms with van der Waals surface area (Å²) in [5, 5.41) is 11.6. The van der Waals surface area contributed by atoms with Gasteiger partial charge in [-0.2, -0.15) is 26.3 Å². The summed E-state index contributed by atoms with van der Waals surface area (Å²) in [7, 11) is 0. The minimum absolute atomic E-state index is 0.0523. The maximum Gasteiger partial charge on any atom is 0.416 e. The number of carbonyl (C=O) groups is 2. The molecule has 12 heteroatoms. The summed E-state index contributed by atoms with van der Waals surface area (Å²) in [6.45, 7) is 0.786. The summed E-state index contributed by atoms with van der Waals surface area (Å²) >= 11 is 0. The van der Waals surface area contributed by atoms with Gasteiger partial charge in [-0.1, -0.05) is 18.9 Å². The van der Waals surface area contributed by atoms with Gasteiger partial charge in [-0.15, -0.1) is 0 Å². The Morgan fingerprint density at radius 1 is 0.923 bits per heavy atom. The van der Waals surface area contributed by atoms with Gasteiger partial charge in [0.15, 0.2) is 0 Å². The monoisotopic (exact) mass is 560 g/mol. The van der Waals surface area contributed by atoms with Crippen molar-refractivity contribution >= 4 is 11.9 Å². The minimum Gasteiger partial charge on any atom is -0.478 e. The van der Waals surface area contributed by atoms with Crippen LogP contribution in [0.3, 0.4) is 0 Å². The molecule has 0 spiro atoms. The van der Waals surface area contributed by atoms with Crippen LogP contribution in [0.25, 0.3) is 0 Å². The molecule has 0 unspecified atom stereocenters. The average Bonchev–Trinajstić information content (AvgIpc) is 3.66. The SMILES string of the molecule is O=C(O)c1ccc(CN2CCC(CC3CC3)(C(=O)NCc3cc(C(F)(F)F)cc(C(F)(F)F)c3)CC2)cc1F. The predicted molar refractivity (Wildman–Crippen MR) is 126 cm³/mol. The molecule has 4 rings (SSSR count). The number of carboxylic acids is 1. The smallest absolute Gasteiger partial charge is 0.416 e. The summed E-state index contributed by atoms with van der Waals surface area (Å²) in [5.41, 5.74) is -3.84. The molecule has 0 radical (unpaired) electrons. The lowest BCUT2D eigenvalue weighted by Gasteiger charge is -2.41. The van der Waals surface area contributed by atoms with Gasteiger partial charge in [-0.3, -0.25) is 9.69 Å². The molecular weight excluding hydrogens is 533 g/mol. The maximum absolute atomic E-state index is 14.1. The second-order valence-corrected chi connectivity index (χ2v) is 10.4. The number of likely N-dealkylation sites (tertiary alicyclic amines) is 1. The number of nitrogens with zero attached hydrogens (tertiary/aromatic N) is 1. The molecule has 0 aromatic heterocycles. The number of nitrogens with one attached hydrogen (secondary N) is 1. The molecule has 5 nitrogen and oxygen atoms in total. The van der Waals surface area contributed by atoms with Crippen LogP contribution >= 0.6 is 0 Å². The van der Waals surface area contributed by atoms with E-state index < -0.39 is 58.7 Å². The van der Waals surface area contributed by atoms with Gasteiger partial charge in [0, 0.05) is 13.1 Å². The highest BCUT2D eigenvalue weighted by Gasteiger charge is 2.45. The number of hydrogen-bond acceptors (Lipinski definition) is 3. The van der Waals surface area contributed by atoms with E-state index in [1.165, 1.54) is 12.1 Å². The number of halogens is 7. The zero-order chi connectivity index (χ0) is 28.6. The predicted octanol–water partition coefficient (Wildman–Crippen LogP) is 6.26. The zero-order valence-corrected chi connectivity index (χ0v) is 20.8. The van der Waals surface area contributed by atoms with E-state index in [4.69, 9.17) is 5.11 Å². The lowest BCUT2D eigenvalue weighted by molar-refractivity contribution is -0.143. The third kappa shape index (κ3) is 7.09. The molecule has 2 aromatic rings. The zero-order valence-electron chi connectivity index (χ0n) is 20.8. The van der Waals surface area contributed by atoms with Gasteiger partial charge >= 0.3 is 18.3 Å². The molecule has 0 bridgehead atoms. The van der Waals surface area contributed by atoms with Crippen molar-refractivity contribution in [2.75, 3.05) is 13.1 Å². The van der Waals surface area contributed by atoms with Crippen molar-refractivity contribution in [2.45, 2.75) is 57.5 Å². The average molecular weight is 561 g/mol. The number of rotatable bonds is 8.